The molecule has 1 fully saturated rings. The van der Waals surface area contributed by atoms with Crippen molar-refractivity contribution >= 4 is 29.3 Å². The molecule has 1 amide bonds. The van der Waals surface area contributed by atoms with E-state index in [4.69, 9.17) is 16.3 Å². The van der Waals surface area contributed by atoms with Gasteiger partial charge in [-0.15, -0.1) is 0 Å². The van der Waals surface area contributed by atoms with Crippen LogP contribution in [0.1, 0.15) is 48.8 Å². The van der Waals surface area contributed by atoms with Crippen molar-refractivity contribution in [1.29, 1.82) is 0 Å². The van der Waals surface area contributed by atoms with E-state index in [2.05, 4.69) is 17.4 Å². The van der Waals surface area contributed by atoms with Crippen LogP contribution < -0.4 is 10.1 Å². The van der Waals surface area contributed by atoms with Crippen LogP contribution in [0.25, 0.3) is 6.08 Å². The Kier molecular flexibility index (Phi) is 5.72. The third-order valence-electron chi connectivity index (χ3n) is 5.72. The smallest absolute Gasteiger partial charge is 0.255 e. The fourth-order valence-electron chi connectivity index (χ4n) is 4.23. The molecule has 28 heavy (non-hydrogen) atoms. The van der Waals surface area contributed by atoms with E-state index in [0.29, 0.717) is 10.6 Å². The van der Waals surface area contributed by atoms with Gasteiger partial charge in [-0.3, -0.25) is 4.79 Å². The quantitative estimate of drug-likeness (QED) is 0.670. The molecule has 4 heteroatoms. The third kappa shape index (κ3) is 4.41. The summed E-state index contributed by atoms with van der Waals surface area (Å²) in [7, 11) is 0. The first-order valence-electron chi connectivity index (χ1n) is 10.1. The first kappa shape index (κ1) is 19.1. The molecule has 0 aromatic heterocycles. The number of anilines is 1. The van der Waals surface area contributed by atoms with Crippen molar-refractivity contribution in [3.63, 3.8) is 0 Å². The lowest BCUT2D eigenvalue weighted by Gasteiger charge is -2.21. The lowest BCUT2D eigenvalue weighted by Crippen LogP contribution is -2.21. The number of hydrogen-bond donors (Lipinski definition) is 1. The van der Waals surface area contributed by atoms with Crippen molar-refractivity contribution in [3.8, 4) is 5.75 Å². The summed E-state index contributed by atoms with van der Waals surface area (Å²) in [5.41, 5.74) is 4.59. The van der Waals surface area contributed by atoms with Gasteiger partial charge in [-0.05, 0) is 60.7 Å². The first-order valence-corrected chi connectivity index (χ1v) is 10.5. The molecule has 0 spiro atoms. The lowest BCUT2D eigenvalue weighted by molar-refractivity contribution is -0.113. The van der Waals surface area contributed by atoms with Crippen LogP contribution in [0, 0.1) is 12.8 Å². The highest BCUT2D eigenvalue weighted by atomic mass is 35.5. The van der Waals surface area contributed by atoms with Gasteiger partial charge in [-0.1, -0.05) is 55.8 Å². The zero-order valence-corrected chi connectivity index (χ0v) is 17.0. The molecule has 2 aromatic carbocycles. The number of halogens is 1. The molecule has 3 nitrogen and oxygen atoms in total. The van der Waals surface area contributed by atoms with Crippen molar-refractivity contribution in [1.82, 2.24) is 0 Å². The maximum atomic E-state index is 12.7. The van der Waals surface area contributed by atoms with Crippen LogP contribution in [-0.2, 0) is 11.2 Å². The van der Waals surface area contributed by atoms with E-state index < -0.39 is 0 Å². The van der Waals surface area contributed by atoms with E-state index in [0.717, 1.165) is 34.9 Å². The van der Waals surface area contributed by atoms with Crippen LogP contribution in [0.15, 0.2) is 42.0 Å². The Balaban J connectivity index is 1.41. The number of fused-ring (bicyclic) bond motifs is 1. The van der Waals surface area contributed by atoms with Crippen molar-refractivity contribution < 1.29 is 9.53 Å². The van der Waals surface area contributed by atoms with Crippen molar-refractivity contribution in [2.75, 3.05) is 11.9 Å². The minimum atomic E-state index is -0.136. The molecule has 1 N–H and O–H groups in total. The standard InChI is InChI=1S/C24H26ClNO2/c1-16-11-21(25)14-19-13-20(15-28-23(16)19)24(27)26-22-9-7-18(8-10-22)12-17-5-3-2-4-6-17/h7-11,13-14,17H,2-6,12,15H2,1H3,(H,26,27). The van der Waals surface area contributed by atoms with Gasteiger partial charge in [0.15, 0.2) is 0 Å². The molecule has 2 aromatic rings. The Morgan fingerprint density at radius 1 is 1.14 bits per heavy atom. The minimum Gasteiger partial charge on any atom is -0.488 e. The maximum absolute atomic E-state index is 12.7. The first-order chi connectivity index (χ1) is 13.6. The number of benzene rings is 2. The molecule has 0 atom stereocenters. The molecule has 0 bridgehead atoms. The Hall–Kier alpha value is -2.26. The molecule has 1 saturated carbocycles. The maximum Gasteiger partial charge on any atom is 0.255 e. The predicted octanol–water partition coefficient (Wildman–Crippen LogP) is 6.19. The van der Waals surface area contributed by atoms with Gasteiger partial charge in [0, 0.05) is 16.3 Å². The molecule has 0 saturated heterocycles. The molecule has 1 heterocycles. The summed E-state index contributed by atoms with van der Waals surface area (Å²) < 4.78 is 5.80. The molecule has 146 valence electrons. The topological polar surface area (TPSA) is 38.3 Å². The highest BCUT2D eigenvalue weighted by Crippen LogP contribution is 2.33. The minimum absolute atomic E-state index is 0.136. The van der Waals surface area contributed by atoms with Crippen LogP contribution in [0.5, 0.6) is 5.75 Å². The summed E-state index contributed by atoms with van der Waals surface area (Å²) >= 11 is 6.14. The van der Waals surface area contributed by atoms with Gasteiger partial charge >= 0.3 is 0 Å². The van der Waals surface area contributed by atoms with Crippen LogP contribution in [-0.4, -0.2) is 12.5 Å². The van der Waals surface area contributed by atoms with E-state index in [1.54, 1.807) is 0 Å². The van der Waals surface area contributed by atoms with E-state index in [1.165, 1.54) is 37.7 Å². The summed E-state index contributed by atoms with van der Waals surface area (Å²) in [4.78, 5) is 12.7. The number of aryl methyl sites for hydroxylation is 1. The van der Waals surface area contributed by atoms with Gasteiger partial charge in [-0.2, -0.15) is 0 Å². The van der Waals surface area contributed by atoms with Crippen LogP contribution in [0.2, 0.25) is 5.02 Å². The molecular weight excluding hydrogens is 370 g/mol. The van der Waals surface area contributed by atoms with Crippen molar-refractivity contribution in [3.05, 3.63) is 63.7 Å². The summed E-state index contributed by atoms with van der Waals surface area (Å²) in [5.74, 6) is 1.48. The Labute approximate surface area is 171 Å². The van der Waals surface area contributed by atoms with Crippen LogP contribution in [0.4, 0.5) is 5.69 Å². The van der Waals surface area contributed by atoms with E-state index in [-0.39, 0.29) is 12.5 Å². The number of amides is 1. The predicted molar refractivity (Wildman–Crippen MR) is 115 cm³/mol. The Morgan fingerprint density at radius 3 is 2.64 bits per heavy atom. The molecule has 4 rings (SSSR count). The number of carbonyl (C=O) groups excluding carboxylic acids is 1. The molecule has 1 aliphatic carbocycles. The van der Waals surface area contributed by atoms with Gasteiger partial charge in [0.1, 0.15) is 12.4 Å². The van der Waals surface area contributed by atoms with E-state index in [1.807, 2.05) is 37.3 Å². The van der Waals surface area contributed by atoms with E-state index in [9.17, 15) is 4.79 Å². The number of hydrogen-bond acceptors (Lipinski definition) is 2. The van der Waals surface area contributed by atoms with Gasteiger partial charge in [-0.25, -0.2) is 0 Å². The summed E-state index contributed by atoms with van der Waals surface area (Å²) in [5, 5.41) is 3.63. The highest BCUT2D eigenvalue weighted by Gasteiger charge is 2.19. The Morgan fingerprint density at radius 2 is 1.89 bits per heavy atom. The SMILES string of the molecule is Cc1cc(Cl)cc2c1OCC(C(=O)Nc1ccc(CC3CCCCC3)cc1)=C2. The second-order valence-corrected chi connectivity index (χ2v) is 8.39. The summed E-state index contributed by atoms with van der Waals surface area (Å²) in [6.45, 7) is 2.22. The third-order valence-corrected chi connectivity index (χ3v) is 5.94. The number of nitrogens with one attached hydrogen (secondary N) is 1. The number of carbonyl (C=O) groups is 1. The Bertz CT molecular complexity index is 896. The highest BCUT2D eigenvalue weighted by molar-refractivity contribution is 6.31. The molecule has 0 radical (unpaired) electrons. The molecular formula is C24H26ClNO2. The zero-order valence-electron chi connectivity index (χ0n) is 16.3. The van der Waals surface area contributed by atoms with Crippen LogP contribution in [0.3, 0.4) is 0 Å². The van der Waals surface area contributed by atoms with Gasteiger partial charge in [0.25, 0.3) is 5.91 Å². The summed E-state index contributed by atoms with van der Waals surface area (Å²) in [6.07, 6.45) is 9.81. The normalized spacial score (nSPS) is 16.7. The lowest BCUT2D eigenvalue weighted by atomic mass is 9.85. The summed E-state index contributed by atoms with van der Waals surface area (Å²) in [6, 6.07) is 12.0. The number of ether oxygens (including phenoxy) is 1. The second kappa shape index (κ2) is 8.40. The van der Waals surface area contributed by atoms with Crippen LogP contribution >= 0.6 is 11.6 Å². The van der Waals surface area contributed by atoms with Gasteiger partial charge in [0.2, 0.25) is 0 Å². The van der Waals surface area contributed by atoms with E-state index >= 15 is 0 Å². The van der Waals surface area contributed by atoms with Crippen molar-refractivity contribution in [2.45, 2.75) is 45.4 Å². The molecule has 1 aliphatic heterocycles. The van der Waals surface area contributed by atoms with Gasteiger partial charge in [0.05, 0.1) is 5.57 Å². The largest absolute Gasteiger partial charge is 0.488 e. The molecule has 2 aliphatic rings. The van der Waals surface area contributed by atoms with Gasteiger partial charge < -0.3 is 10.1 Å². The second-order valence-electron chi connectivity index (χ2n) is 7.96. The fraction of sp³-hybridized carbons (Fsp3) is 0.375. The van der Waals surface area contributed by atoms with Crippen molar-refractivity contribution in [2.24, 2.45) is 5.92 Å². The average molecular weight is 396 g/mol. The monoisotopic (exact) mass is 395 g/mol. The zero-order chi connectivity index (χ0) is 19.5. The fourth-order valence-corrected chi connectivity index (χ4v) is 4.51. The average Bonchev–Trinajstić information content (AvgIpc) is 2.69. The number of rotatable bonds is 4. The molecule has 0 unspecified atom stereocenters.